The highest BCUT2D eigenvalue weighted by Gasteiger charge is 2.46. The van der Waals surface area contributed by atoms with Gasteiger partial charge >= 0.3 is 0 Å². The van der Waals surface area contributed by atoms with Crippen molar-refractivity contribution in [1.82, 2.24) is 9.80 Å². The molecule has 202 valence electrons. The van der Waals surface area contributed by atoms with Crippen LogP contribution in [0.3, 0.4) is 0 Å². The minimum Gasteiger partial charge on any atom is -0.507 e. The van der Waals surface area contributed by atoms with Gasteiger partial charge in [0, 0.05) is 31.7 Å². The van der Waals surface area contributed by atoms with Gasteiger partial charge in [0.1, 0.15) is 24.7 Å². The first kappa shape index (κ1) is 26.1. The molecule has 2 fully saturated rings. The van der Waals surface area contributed by atoms with E-state index < -0.39 is 17.7 Å². The monoisotopic (exact) mass is 522 g/mol. The molecule has 0 saturated carbocycles. The Morgan fingerprint density at radius 2 is 1.71 bits per heavy atom. The van der Waals surface area contributed by atoms with E-state index in [2.05, 4.69) is 4.90 Å². The summed E-state index contributed by atoms with van der Waals surface area (Å²) in [6.45, 7) is 7.78. The lowest BCUT2D eigenvalue weighted by molar-refractivity contribution is -0.140. The number of amides is 1. The first-order valence-corrected chi connectivity index (χ1v) is 13.3. The molecule has 1 atom stereocenters. The number of carbonyl (C=O) groups excluding carboxylic acids is 2. The fraction of sp³-hybridized carbons (Fsp3) is 0.448. The Balaban J connectivity index is 1.47. The molecule has 2 aromatic carbocycles. The molecular weight excluding hydrogens is 488 g/mol. The van der Waals surface area contributed by atoms with Crippen LogP contribution < -0.4 is 14.2 Å². The summed E-state index contributed by atoms with van der Waals surface area (Å²) in [5, 5.41) is 11.4. The molecule has 9 nitrogen and oxygen atoms in total. The summed E-state index contributed by atoms with van der Waals surface area (Å²) in [5.74, 6) is 0.256. The molecule has 0 radical (unpaired) electrons. The Bertz CT molecular complexity index is 1190. The Hall–Kier alpha value is -3.56. The molecule has 0 aromatic heterocycles. The number of morpholine rings is 1. The fourth-order valence-electron chi connectivity index (χ4n) is 5.06. The van der Waals surface area contributed by atoms with Gasteiger partial charge in [-0.15, -0.1) is 0 Å². The van der Waals surface area contributed by atoms with Gasteiger partial charge in [0.15, 0.2) is 11.5 Å². The highest BCUT2D eigenvalue weighted by atomic mass is 16.6. The van der Waals surface area contributed by atoms with Crippen LogP contribution in [0.1, 0.15) is 36.9 Å². The largest absolute Gasteiger partial charge is 0.507 e. The lowest BCUT2D eigenvalue weighted by atomic mass is 9.95. The summed E-state index contributed by atoms with van der Waals surface area (Å²) in [7, 11) is 0. The second-order valence-electron chi connectivity index (χ2n) is 9.58. The van der Waals surface area contributed by atoms with Gasteiger partial charge in [0.2, 0.25) is 0 Å². The minimum atomic E-state index is -0.715. The van der Waals surface area contributed by atoms with E-state index in [1.807, 2.05) is 31.2 Å². The van der Waals surface area contributed by atoms with Gasteiger partial charge in [0.25, 0.3) is 11.7 Å². The van der Waals surface area contributed by atoms with Crippen LogP contribution in [0.25, 0.3) is 5.76 Å². The maximum absolute atomic E-state index is 13.4. The summed E-state index contributed by atoms with van der Waals surface area (Å²) in [5.41, 5.74) is 1.20. The van der Waals surface area contributed by atoms with E-state index >= 15 is 0 Å². The summed E-state index contributed by atoms with van der Waals surface area (Å²) >= 11 is 0. The zero-order valence-corrected chi connectivity index (χ0v) is 21.7. The van der Waals surface area contributed by atoms with Gasteiger partial charge in [-0.25, -0.2) is 0 Å². The summed E-state index contributed by atoms with van der Waals surface area (Å²) in [6.07, 6.45) is 1.59. The molecule has 1 amide bonds. The predicted molar refractivity (Wildman–Crippen MR) is 141 cm³/mol. The van der Waals surface area contributed by atoms with Crippen LogP contribution in [0.2, 0.25) is 0 Å². The van der Waals surface area contributed by atoms with Crippen LogP contribution in [0, 0.1) is 0 Å². The second kappa shape index (κ2) is 11.9. The SMILES string of the molecule is CCCOc1ccc([C@H]2/C(=C(\O)c3ccc4c(c3)OCCO4)C(=O)C(=O)N2CCCN2CCOCC2)cc1. The molecule has 3 heterocycles. The Morgan fingerprint density at radius 1 is 0.974 bits per heavy atom. The smallest absolute Gasteiger partial charge is 0.295 e. The van der Waals surface area contributed by atoms with E-state index in [0.717, 1.165) is 31.6 Å². The lowest BCUT2D eigenvalue weighted by Gasteiger charge is -2.29. The van der Waals surface area contributed by atoms with Crippen molar-refractivity contribution in [2.75, 3.05) is 59.2 Å². The summed E-state index contributed by atoms with van der Waals surface area (Å²) in [4.78, 5) is 30.5. The van der Waals surface area contributed by atoms with Crippen molar-refractivity contribution in [3.8, 4) is 17.2 Å². The van der Waals surface area contributed by atoms with Crippen molar-refractivity contribution in [1.29, 1.82) is 0 Å². The van der Waals surface area contributed by atoms with Gasteiger partial charge in [0.05, 0.1) is 31.4 Å². The lowest BCUT2D eigenvalue weighted by Crippen LogP contribution is -2.38. The van der Waals surface area contributed by atoms with Gasteiger partial charge in [-0.3, -0.25) is 14.5 Å². The molecule has 0 unspecified atom stereocenters. The molecule has 5 rings (SSSR count). The normalized spacial score (nSPS) is 21.1. The topological polar surface area (TPSA) is 97.8 Å². The number of ketones is 1. The fourth-order valence-corrected chi connectivity index (χ4v) is 5.06. The number of fused-ring (bicyclic) bond motifs is 1. The third kappa shape index (κ3) is 5.49. The molecule has 0 aliphatic carbocycles. The molecule has 0 bridgehead atoms. The maximum Gasteiger partial charge on any atom is 0.295 e. The number of Topliss-reactive ketones (excluding diaryl/α,β-unsaturated/α-hetero) is 1. The third-order valence-electron chi connectivity index (χ3n) is 7.00. The van der Waals surface area contributed by atoms with Crippen molar-refractivity contribution >= 4 is 17.4 Å². The number of aliphatic hydroxyl groups is 1. The van der Waals surface area contributed by atoms with Crippen LogP contribution in [-0.2, 0) is 14.3 Å². The Labute approximate surface area is 222 Å². The van der Waals surface area contributed by atoms with Crippen LogP contribution in [-0.4, -0.2) is 85.8 Å². The number of aliphatic hydroxyl groups excluding tert-OH is 1. The van der Waals surface area contributed by atoms with E-state index in [9.17, 15) is 14.7 Å². The first-order valence-electron chi connectivity index (χ1n) is 13.3. The molecule has 3 aliphatic rings. The van der Waals surface area contributed by atoms with Crippen LogP contribution >= 0.6 is 0 Å². The number of benzene rings is 2. The number of rotatable bonds is 9. The zero-order valence-electron chi connectivity index (χ0n) is 21.7. The molecule has 2 saturated heterocycles. The van der Waals surface area contributed by atoms with Crippen molar-refractivity contribution in [3.63, 3.8) is 0 Å². The van der Waals surface area contributed by atoms with Crippen LogP contribution in [0.5, 0.6) is 17.2 Å². The van der Waals surface area contributed by atoms with E-state index in [4.69, 9.17) is 18.9 Å². The van der Waals surface area contributed by atoms with E-state index in [-0.39, 0.29) is 11.3 Å². The molecule has 1 N–H and O–H groups in total. The van der Waals surface area contributed by atoms with Crippen molar-refractivity contribution < 1.29 is 33.6 Å². The standard InChI is InChI=1S/C29H34N2O7/c1-2-14-36-22-7-4-20(5-8-22)26-25(27(32)21-6-9-23-24(19-21)38-18-17-37-23)28(33)29(34)31(26)11-3-10-30-12-15-35-16-13-30/h4-9,19,26,32H,2-3,10-18H2,1H3/b27-25+/t26-/m0/s1. The molecule has 2 aromatic rings. The summed E-state index contributed by atoms with van der Waals surface area (Å²) in [6, 6.07) is 11.7. The van der Waals surface area contributed by atoms with E-state index in [1.54, 1.807) is 23.1 Å². The Morgan fingerprint density at radius 3 is 2.45 bits per heavy atom. The predicted octanol–water partition coefficient (Wildman–Crippen LogP) is 3.39. The van der Waals surface area contributed by atoms with Crippen molar-refractivity contribution in [3.05, 3.63) is 59.2 Å². The van der Waals surface area contributed by atoms with Crippen LogP contribution in [0.15, 0.2) is 48.0 Å². The number of hydrogen-bond acceptors (Lipinski definition) is 8. The molecule has 38 heavy (non-hydrogen) atoms. The van der Waals surface area contributed by atoms with Gasteiger partial charge < -0.3 is 29.0 Å². The second-order valence-corrected chi connectivity index (χ2v) is 9.58. The Kier molecular flexibility index (Phi) is 8.14. The maximum atomic E-state index is 13.4. The molecule has 9 heteroatoms. The summed E-state index contributed by atoms with van der Waals surface area (Å²) < 4.78 is 22.4. The highest BCUT2D eigenvalue weighted by Crippen LogP contribution is 2.41. The quantitative estimate of drug-likeness (QED) is 0.304. The minimum absolute atomic E-state index is 0.0697. The average molecular weight is 523 g/mol. The van der Waals surface area contributed by atoms with Gasteiger partial charge in [-0.05, 0) is 48.7 Å². The van der Waals surface area contributed by atoms with Crippen LogP contribution in [0.4, 0.5) is 0 Å². The van der Waals surface area contributed by atoms with E-state index in [0.29, 0.717) is 68.8 Å². The molecular formula is C29H34N2O7. The average Bonchev–Trinajstić information content (AvgIpc) is 3.21. The third-order valence-corrected chi connectivity index (χ3v) is 7.00. The number of carbonyl (C=O) groups is 2. The molecule has 0 spiro atoms. The van der Waals surface area contributed by atoms with E-state index in [1.165, 1.54) is 0 Å². The number of likely N-dealkylation sites (tertiary alicyclic amines) is 1. The molecule has 3 aliphatic heterocycles. The van der Waals surface area contributed by atoms with Crippen molar-refractivity contribution in [2.45, 2.75) is 25.8 Å². The highest BCUT2D eigenvalue weighted by molar-refractivity contribution is 6.46. The van der Waals surface area contributed by atoms with Crippen molar-refractivity contribution in [2.24, 2.45) is 0 Å². The number of ether oxygens (including phenoxy) is 4. The van der Waals surface area contributed by atoms with Gasteiger partial charge in [-0.1, -0.05) is 19.1 Å². The van der Waals surface area contributed by atoms with Gasteiger partial charge in [-0.2, -0.15) is 0 Å². The zero-order chi connectivity index (χ0) is 26.5. The number of hydrogen-bond donors (Lipinski definition) is 1. The number of nitrogens with zero attached hydrogens (tertiary/aromatic N) is 2. The first-order chi connectivity index (χ1) is 18.6.